The zero-order valence-electron chi connectivity index (χ0n) is 32.4. The summed E-state index contributed by atoms with van der Waals surface area (Å²) in [6.45, 7) is 4.61. The van der Waals surface area contributed by atoms with Crippen molar-refractivity contribution in [2.24, 2.45) is 0 Å². The number of anilines is 1. The van der Waals surface area contributed by atoms with Crippen molar-refractivity contribution in [2.45, 2.75) is 44.2 Å². The molecule has 2 heterocycles. The second-order valence-corrected chi connectivity index (χ2v) is 13.9. The highest BCUT2D eigenvalue weighted by atomic mass is 19.1. The van der Waals surface area contributed by atoms with Gasteiger partial charge in [-0.25, -0.2) is 9.37 Å². The zero-order chi connectivity index (χ0) is 38.7. The Hall–Kier alpha value is -5.49. The molecule has 11 nitrogen and oxygen atoms in total. The van der Waals surface area contributed by atoms with Gasteiger partial charge in [0.05, 0.1) is 46.1 Å². The fourth-order valence-electron chi connectivity index (χ4n) is 7.26. The smallest absolute Gasteiger partial charge is 0.253 e. The molecule has 1 atom stereocenters. The van der Waals surface area contributed by atoms with Gasteiger partial charge in [-0.3, -0.25) is 4.79 Å². The number of nitrogens with one attached hydrogen (secondary N) is 1. The number of carbonyl (C=O) groups is 1. The number of halogens is 1. The van der Waals surface area contributed by atoms with Crippen LogP contribution in [0, 0.1) is 5.82 Å². The summed E-state index contributed by atoms with van der Waals surface area (Å²) in [7, 11) is 8.13. The molecule has 12 heteroatoms. The molecule has 4 aromatic carbocycles. The van der Waals surface area contributed by atoms with Gasteiger partial charge in [-0.1, -0.05) is 24.3 Å². The molecule has 1 N–H and O–H groups in total. The molecule has 1 aliphatic rings. The second-order valence-electron chi connectivity index (χ2n) is 13.9. The van der Waals surface area contributed by atoms with E-state index in [0.29, 0.717) is 47.8 Å². The van der Waals surface area contributed by atoms with Gasteiger partial charge in [0.2, 0.25) is 11.7 Å². The molecule has 1 aliphatic heterocycles. The van der Waals surface area contributed by atoms with E-state index in [1.54, 1.807) is 57.6 Å². The van der Waals surface area contributed by atoms with Gasteiger partial charge in [0.1, 0.15) is 17.3 Å². The number of likely N-dealkylation sites (N-methyl/N-ethyl adjacent to an activating group) is 1. The molecule has 0 bridgehead atoms. The van der Waals surface area contributed by atoms with Crippen LogP contribution in [0.25, 0.3) is 11.0 Å². The lowest BCUT2D eigenvalue weighted by Crippen LogP contribution is -2.40. The van der Waals surface area contributed by atoms with Crippen LogP contribution in [0.2, 0.25) is 0 Å². The van der Waals surface area contributed by atoms with Crippen molar-refractivity contribution in [3.63, 3.8) is 0 Å². The van der Waals surface area contributed by atoms with Crippen LogP contribution in [0.5, 0.6) is 28.7 Å². The van der Waals surface area contributed by atoms with Gasteiger partial charge >= 0.3 is 0 Å². The number of nitrogens with zero attached hydrogens (tertiary/aromatic N) is 4. The summed E-state index contributed by atoms with van der Waals surface area (Å²) >= 11 is 0. The first-order valence-electron chi connectivity index (χ1n) is 18.8. The van der Waals surface area contributed by atoms with Crippen molar-refractivity contribution in [2.75, 3.05) is 73.6 Å². The minimum atomic E-state index is -0.275. The molecular weight excluding hydrogens is 702 g/mol. The number of rotatable bonds is 18. The van der Waals surface area contributed by atoms with Gasteiger partial charge in [-0.15, -0.1) is 0 Å². The summed E-state index contributed by atoms with van der Waals surface area (Å²) in [6.07, 6.45) is 3.64. The predicted molar refractivity (Wildman–Crippen MR) is 213 cm³/mol. The number of benzene rings is 4. The molecule has 0 radical (unpaired) electrons. The summed E-state index contributed by atoms with van der Waals surface area (Å²) in [6, 6.07) is 26.2. The highest BCUT2D eigenvalue weighted by Gasteiger charge is 2.25. The van der Waals surface area contributed by atoms with E-state index in [0.717, 1.165) is 80.2 Å². The maximum atomic E-state index is 13.8. The van der Waals surface area contributed by atoms with E-state index in [1.807, 2.05) is 37.4 Å². The van der Waals surface area contributed by atoms with E-state index >= 15 is 0 Å². The molecule has 1 amide bonds. The molecule has 0 aliphatic carbocycles. The van der Waals surface area contributed by atoms with Crippen LogP contribution in [0.15, 0.2) is 84.9 Å². The molecule has 1 unspecified atom stereocenters. The normalized spacial score (nSPS) is 14.0. The molecule has 1 saturated heterocycles. The number of aromatic nitrogens is 2. The van der Waals surface area contributed by atoms with Gasteiger partial charge in [-0.2, -0.15) is 0 Å². The Kier molecular flexibility index (Phi) is 13.3. The monoisotopic (exact) mass is 753 g/mol. The third kappa shape index (κ3) is 9.79. The van der Waals surface area contributed by atoms with Crippen molar-refractivity contribution in [3.05, 3.63) is 102 Å². The van der Waals surface area contributed by atoms with E-state index in [1.165, 1.54) is 12.1 Å². The minimum Gasteiger partial charge on any atom is -0.497 e. The zero-order valence-corrected chi connectivity index (χ0v) is 32.4. The van der Waals surface area contributed by atoms with Crippen molar-refractivity contribution in [1.29, 1.82) is 0 Å². The van der Waals surface area contributed by atoms with E-state index < -0.39 is 0 Å². The Labute approximate surface area is 322 Å². The number of aryl methyl sites for hydroxylation is 1. The average Bonchev–Trinajstić information content (AvgIpc) is 3.57. The van der Waals surface area contributed by atoms with Crippen molar-refractivity contribution in [1.82, 2.24) is 19.4 Å². The van der Waals surface area contributed by atoms with Crippen LogP contribution in [-0.2, 0) is 6.54 Å². The molecule has 1 aromatic heterocycles. The first-order chi connectivity index (χ1) is 26.8. The lowest BCUT2D eigenvalue weighted by molar-refractivity contribution is 0.0781. The van der Waals surface area contributed by atoms with Gasteiger partial charge in [-0.05, 0) is 98.5 Å². The van der Waals surface area contributed by atoms with E-state index in [2.05, 4.69) is 33.0 Å². The number of piperidine rings is 1. The fraction of sp³-hybridized carbons (Fsp3) is 0.395. The van der Waals surface area contributed by atoms with Crippen LogP contribution in [-0.4, -0.2) is 99.6 Å². The Morgan fingerprint density at radius 1 is 0.873 bits per heavy atom. The molecule has 55 heavy (non-hydrogen) atoms. The largest absolute Gasteiger partial charge is 0.497 e. The van der Waals surface area contributed by atoms with Crippen molar-refractivity contribution >= 4 is 22.9 Å². The molecule has 292 valence electrons. The Balaban J connectivity index is 1.06. The number of likely N-dealkylation sites (tertiary alicyclic amines) is 1. The maximum absolute atomic E-state index is 13.8. The van der Waals surface area contributed by atoms with Crippen LogP contribution in [0.1, 0.15) is 47.5 Å². The summed E-state index contributed by atoms with van der Waals surface area (Å²) in [5.74, 6) is 3.36. The summed E-state index contributed by atoms with van der Waals surface area (Å²) < 4.78 is 43.3. The van der Waals surface area contributed by atoms with Crippen molar-refractivity contribution < 1.29 is 32.9 Å². The molecule has 6 rings (SSSR count). The number of hydrogen-bond acceptors (Lipinski definition) is 9. The standard InChI is InChI=1S/C43H52FN5O6/c1-47(42(50)32-27-39(52-3)41(54-5)40(28-32)53-4)29-31(30-11-15-35(51-2)16-12-30)19-23-48-24-20-34(21-25-48)45-43-46-37-9-6-7-10-38(37)49(43)22-8-26-55-36-17-13-33(44)14-18-36/h6-7,9-18,27-28,31,34H,8,19-26,29H2,1-5H3,(H,45,46). The quantitative estimate of drug-likeness (QED) is 0.0913. The lowest BCUT2D eigenvalue weighted by atomic mass is 9.93. The summed E-state index contributed by atoms with van der Waals surface area (Å²) in [5, 5.41) is 3.76. The Bertz CT molecular complexity index is 1970. The first kappa shape index (κ1) is 39.2. The summed E-state index contributed by atoms with van der Waals surface area (Å²) in [4.78, 5) is 23.0. The third-order valence-corrected chi connectivity index (χ3v) is 10.3. The third-order valence-electron chi connectivity index (χ3n) is 10.3. The van der Waals surface area contributed by atoms with Gasteiger partial charge in [0.15, 0.2) is 11.5 Å². The van der Waals surface area contributed by atoms with E-state index in [4.69, 9.17) is 28.7 Å². The number of fused-ring (bicyclic) bond motifs is 1. The first-order valence-corrected chi connectivity index (χ1v) is 18.8. The molecule has 0 saturated carbocycles. The number of amides is 1. The van der Waals surface area contributed by atoms with Crippen LogP contribution in [0.3, 0.4) is 0 Å². The SMILES string of the molecule is COc1ccc(C(CCN2CCC(Nc3nc4ccccc4n3CCCOc3ccc(F)cc3)CC2)CN(C)C(=O)c2cc(OC)c(OC)c(OC)c2)cc1. The molecule has 5 aromatic rings. The minimum absolute atomic E-state index is 0.102. The molecular formula is C43H52FN5O6. The van der Waals surface area contributed by atoms with Crippen LogP contribution < -0.4 is 29.0 Å². The Morgan fingerprint density at radius 2 is 1.55 bits per heavy atom. The van der Waals surface area contributed by atoms with Crippen LogP contribution in [0.4, 0.5) is 10.3 Å². The number of imidazole rings is 1. The lowest BCUT2D eigenvalue weighted by Gasteiger charge is -2.34. The highest BCUT2D eigenvalue weighted by molar-refractivity contribution is 5.95. The predicted octanol–water partition coefficient (Wildman–Crippen LogP) is 7.50. The van der Waals surface area contributed by atoms with Gasteiger partial charge in [0, 0.05) is 50.7 Å². The van der Waals surface area contributed by atoms with Crippen molar-refractivity contribution in [3.8, 4) is 28.7 Å². The van der Waals surface area contributed by atoms with E-state index in [9.17, 15) is 9.18 Å². The van der Waals surface area contributed by atoms with Gasteiger partial charge < -0.3 is 43.4 Å². The fourth-order valence-corrected chi connectivity index (χ4v) is 7.26. The maximum Gasteiger partial charge on any atom is 0.253 e. The number of methoxy groups -OCH3 is 4. The Morgan fingerprint density at radius 3 is 2.20 bits per heavy atom. The van der Waals surface area contributed by atoms with Crippen LogP contribution >= 0.6 is 0 Å². The number of carbonyl (C=O) groups excluding carboxylic acids is 1. The van der Waals surface area contributed by atoms with E-state index in [-0.39, 0.29) is 17.6 Å². The number of ether oxygens (including phenoxy) is 5. The average molecular weight is 754 g/mol. The molecule has 1 fully saturated rings. The summed E-state index contributed by atoms with van der Waals surface area (Å²) in [5.41, 5.74) is 3.67. The molecule has 0 spiro atoms. The van der Waals surface area contributed by atoms with Gasteiger partial charge in [0.25, 0.3) is 5.91 Å². The number of para-hydroxylation sites is 2. The number of hydrogen-bond donors (Lipinski definition) is 1. The highest BCUT2D eigenvalue weighted by Crippen LogP contribution is 2.38. The topological polar surface area (TPSA) is 99.6 Å². The second kappa shape index (κ2) is 18.7.